The third kappa shape index (κ3) is 4.32. The number of nitrogens with zero attached hydrogens (tertiary/aromatic N) is 4. The van der Waals surface area contributed by atoms with Crippen LogP contribution in [0.5, 0.6) is 0 Å². The average Bonchev–Trinajstić information content (AvgIpc) is 3.38. The molecule has 0 fully saturated rings. The number of hydrogen-bond acceptors (Lipinski definition) is 4. The Morgan fingerprint density at radius 3 is 2.34 bits per heavy atom. The first-order valence-electron chi connectivity index (χ1n) is 8.64. The van der Waals surface area contributed by atoms with Gasteiger partial charge in [0.25, 0.3) is 0 Å². The molecule has 9 heteroatoms. The van der Waals surface area contributed by atoms with Crippen molar-refractivity contribution in [3.05, 3.63) is 83.1 Å². The Labute approximate surface area is 181 Å². The lowest BCUT2D eigenvalue weighted by Crippen LogP contribution is -2.16. The Hall–Kier alpha value is -2.74. The summed E-state index contributed by atoms with van der Waals surface area (Å²) < 4.78 is 3.65. The quantitative estimate of drug-likeness (QED) is 0.421. The van der Waals surface area contributed by atoms with Crippen molar-refractivity contribution in [1.82, 2.24) is 19.5 Å². The highest BCUT2D eigenvalue weighted by atomic mass is 35.5. The maximum atomic E-state index is 12.4. The number of para-hydroxylation sites is 1. The number of aromatic nitrogens is 4. The molecule has 29 heavy (non-hydrogen) atoms. The fourth-order valence-corrected chi connectivity index (χ4v) is 3.85. The minimum absolute atomic E-state index is 0.146. The normalized spacial score (nSPS) is 10.8. The molecule has 1 amide bonds. The van der Waals surface area contributed by atoms with E-state index >= 15 is 0 Å². The van der Waals surface area contributed by atoms with E-state index in [-0.39, 0.29) is 11.7 Å². The molecule has 0 aliphatic heterocycles. The van der Waals surface area contributed by atoms with E-state index in [1.807, 2.05) is 64.2 Å². The molecule has 6 nitrogen and oxygen atoms in total. The van der Waals surface area contributed by atoms with Crippen molar-refractivity contribution in [1.29, 1.82) is 0 Å². The van der Waals surface area contributed by atoms with E-state index in [1.165, 1.54) is 11.8 Å². The van der Waals surface area contributed by atoms with Gasteiger partial charge >= 0.3 is 0 Å². The van der Waals surface area contributed by atoms with Crippen LogP contribution in [0.1, 0.15) is 0 Å². The monoisotopic (exact) mass is 443 g/mol. The number of halogens is 2. The maximum absolute atomic E-state index is 12.4. The van der Waals surface area contributed by atoms with Gasteiger partial charge in [0.2, 0.25) is 11.1 Å². The summed E-state index contributed by atoms with van der Waals surface area (Å²) in [7, 11) is 0. The lowest BCUT2D eigenvalue weighted by Gasteiger charge is -2.12. The molecule has 0 bridgehead atoms. The molecular formula is C20H15Cl2N5OS. The van der Waals surface area contributed by atoms with Crippen molar-refractivity contribution in [2.45, 2.75) is 5.16 Å². The van der Waals surface area contributed by atoms with E-state index < -0.39 is 0 Å². The molecule has 4 rings (SSSR count). The topological polar surface area (TPSA) is 64.7 Å². The fourth-order valence-electron chi connectivity index (χ4n) is 2.71. The lowest BCUT2D eigenvalue weighted by atomic mass is 10.2. The molecule has 0 aliphatic rings. The van der Waals surface area contributed by atoms with Crippen LogP contribution in [0.3, 0.4) is 0 Å². The van der Waals surface area contributed by atoms with Gasteiger partial charge in [-0.05, 0) is 36.4 Å². The van der Waals surface area contributed by atoms with Gasteiger partial charge in [-0.1, -0.05) is 59.2 Å². The van der Waals surface area contributed by atoms with E-state index in [2.05, 4.69) is 15.5 Å². The summed E-state index contributed by atoms with van der Waals surface area (Å²) in [6.07, 6.45) is 3.75. The molecule has 0 saturated carbocycles. The van der Waals surface area contributed by atoms with Gasteiger partial charge in [-0.25, -0.2) is 4.68 Å². The van der Waals surface area contributed by atoms with Gasteiger partial charge in [0.05, 0.1) is 21.5 Å². The Kier molecular flexibility index (Phi) is 5.89. The Morgan fingerprint density at radius 2 is 1.62 bits per heavy atom. The summed E-state index contributed by atoms with van der Waals surface area (Å²) in [4.78, 5) is 12.4. The molecule has 2 heterocycles. The first-order chi connectivity index (χ1) is 14.1. The van der Waals surface area contributed by atoms with Gasteiger partial charge in [0.1, 0.15) is 0 Å². The minimum Gasteiger partial charge on any atom is -0.324 e. The molecule has 2 aromatic heterocycles. The number of amides is 1. The van der Waals surface area contributed by atoms with Crippen LogP contribution in [0, 0.1) is 0 Å². The van der Waals surface area contributed by atoms with Gasteiger partial charge < -0.3 is 5.32 Å². The van der Waals surface area contributed by atoms with Gasteiger partial charge in [-0.3, -0.25) is 9.47 Å². The summed E-state index contributed by atoms with van der Waals surface area (Å²) in [5.74, 6) is 0.540. The third-order valence-electron chi connectivity index (χ3n) is 4.03. The number of anilines is 1. The van der Waals surface area contributed by atoms with Crippen molar-refractivity contribution in [3.63, 3.8) is 0 Å². The molecule has 0 unspecified atom stereocenters. The second kappa shape index (κ2) is 8.73. The zero-order valence-electron chi connectivity index (χ0n) is 15.0. The first-order valence-corrected chi connectivity index (χ1v) is 10.4. The van der Waals surface area contributed by atoms with E-state index in [0.717, 1.165) is 5.56 Å². The number of nitrogens with one attached hydrogen (secondary N) is 1. The SMILES string of the molecule is O=C(CSc1nnc(-c2ccccc2Cl)n1-n1cccc1)Nc1ccccc1Cl. The lowest BCUT2D eigenvalue weighted by molar-refractivity contribution is -0.113. The molecule has 0 aliphatic carbocycles. The minimum atomic E-state index is -0.190. The highest BCUT2D eigenvalue weighted by Gasteiger charge is 2.18. The van der Waals surface area contributed by atoms with Crippen LogP contribution in [-0.4, -0.2) is 31.2 Å². The van der Waals surface area contributed by atoms with Crippen LogP contribution in [0.15, 0.2) is 78.2 Å². The highest BCUT2D eigenvalue weighted by Crippen LogP contribution is 2.29. The molecule has 4 aromatic rings. The number of carbonyl (C=O) groups excluding carboxylic acids is 1. The van der Waals surface area contributed by atoms with E-state index in [0.29, 0.717) is 26.7 Å². The fraction of sp³-hybridized carbons (Fsp3) is 0.0500. The van der Waals surface area contributed by atoms with Crippen molar-refractivity contribution in [2.75, 3.05) is 11.1 Å². The largest absolute Gasteiger partial charge is 0.324 e. The van der Waals surface area contributed by atoms with Crippen LogP contribution in [-0.2, 0) is 4.79 Å². The van der Waals surface area contributed by atoms with Crippen molar-refractivity contribution in [2.24, 2.45) is 0 Å². The van der Waals surface area contributed by atoms with Gasteiger partial charge in [-0.2, -0.15) is 0 Å². The predicted octanol–water partition coefficient (Wildman–Crippen LogP) is 5.10. The molecule has 0 spiro atoms. The first kappa shape index (κ1) is 19.6. The van der Waals surface area contributed by atoms with Crippen LogP contribution in [0.25, 0.3) is 11.4 Å². The maximum Gasteiger partial charge on any atom is 0.234 e. The Morgan fingerprint density at radius 1 is 0.931 bits per heavy atom. The summed E-state index contributed by atoms with van der Waals surface area (Å²) in [5, 5.41) is 13.0. The molecule has 2 aromatic carbocycles. The van der Waals surface area contributed by atoms with Crippen LogP contribution in [0.2, 0.25) is 10.0 Å². The number of benzene rings is 2. The van der Waals surface area contributed by atoms with Crippen LogP contribution >= 0.6 is 35.0 Å². The van der Waals surface area contributed by atoms with Gasteiger partial charge in [0, 0.05) is 18.0 Å². The Balaban J connectivity index is 1.59. The molecule has 0 radical (unpaired) electrons. The van der Waals surface area contributed by atoms with Gasteiger partial charge in [0.15, 0.2) is 5.82 Å². The van der Waals surface area contributed by atoms with E-state index in [9.17, 15) is 4.79 Å². The Bertz CT molecular complexity index is 1140. The summed E-state index contributed by atoms with van der Waals surface area (Å²) in [5.41, 5.74) is 1.33. The number of hydrogen-bond donors (Lipinski definition) is 1. The van der Waals surface area contributed by atoms with Crippen LogP contribution < -0.4 is 5.32 Å². The molecule has 0 atom stereocenters. The molecule has 0 saturated heterocycles. The summed E-state index contributed by atoms with van der Waals surface area (Å²) in [6.45, 7) is 0. The third-order valence-corrected chi connectivity index (χ3v) is 5.61. The number of thioether (sulfide) groups is 1. The molecular weight excluding hydrogens is 429 g/mol. The van der Waals surface area contributed by atoms with Crippen molar-refractivity contribution in [3.8, 4) is 11.4 Å². The predicted molar refractivity (Wildman–Crippen MR) is 117 cm³/mol. The average molecular weight is 444 g/mol. The van der Waals surface area contributed by atoms with E-state index in [1.54, 1.807) is 18.2 Å². The van der Waals surface area contributed by atoms with E-state index in [4.69, 9.17) is 23.2 Å². The summed E-state index contributed by atoms with van der Waals surface area (Å²) >= 11 is 13.7. The van der Waals surface area contributed by atoms with Crippen LogP contribution in [0.4, 0.5) is 5.69 Å². The zero-order valence-corrected chi connectivity index (χ0v) is 17.3. The number of carbonyl (C=O) groups is 1. The molecule has 146 valence electrons. The summed E-state index contributed by atoms with van der Waals surface area (Å²) in [6, 6.07) is 18.3. The second-order valence-electron chi connectivity index (χ2n) is 5.98. The van der Waals surface area contributed by atoms with Gasteiger partial charge in [-0.15, -0.1) is 10.2 Å². The standard InChI is InChI=1S/C20H15Cl2N5OS/c21-15-8-2-1-7-14(15)19-24-25-20(27(19)26-11-5-6-12-26)29-13-18(28)23-17-10-4-3-9-16(17)22/h1-12H,13H2,(H,23,28). The smallest absolute Gasteiger partial charge is 0.234 e. The van der Waals surface area contributed by atoms with Crippen molar-refractivity contribution < 1.29 is 4.79 Å². The number of rotatable bonds is 6. The van der Waals surface area contributed by atoms with Crippen molar-refractivity contribution >= 4 is 46.6 Å². The molecule has 1 N–H and O–H groups in total. The zero-order chi connectivity index (χ0) is 20.2. The second-order valence-corrected chi connectivity index (χ2v) is 7.73. The highest BCUT2D eigenvalue weighted by molar-refractivity contribution is 7.99.